The number of nitro benzene ring substituents is 1. The van der Waals surface area contributed by atoms with Crippen molar-refractivity contribution < 1.29 is 49.9 Å². The predicted octanol–water partition coefficient (Wildman–Crippen LogP) is 4.97. The zero-order chi connectivity index (χ0) is 30.8. The monoisotopic (exact) mass is 615 g/mol. The Hall–Kier alpha value is -3.94. The SMILES string of the molecule is CCC(O)CCn1nnnc1Sc1ccc([N+](=O)[O-])cc1C(=O)Nc1ncc(C(F)(F)C(F)(F)C(F)(F)F)cc1F. The molecule has 1 atom stereocenters. The van der Waals surface area contributed by atoms with Gasteiger partial charge in [-0.15, -0.1) is 5.10 Å². The average molecular weight is 615 g/mol. The third-order valence-corrected chi connectivity index (χ3v) is 6.50. The third kappa shape index (κ3) is 6.69. The van der Waals surface area contributed by atoms with Gasteiger partial charge in [-0.3, -0.25) is 14.9 Å². The van der Waals surface area contributed by atoms with Gasteiger partial charge in [-0.25, -0.2) is 14.1 Å². The molecule has 3 aromatic rings. The van der Waals surface area contributed by atoms with Crippen molar-refractivity contribution in [1.29, 1.82) is 0 Å². The van der Waals surface area contributed by atoms with Crippen LogP contribution in [0, 0.1) is 15.9 Å². The number of pyridine rings is 1. The first-order valence-corrected chi connectivity index (χ1v) is 12.0. The fraction of sp³-hybridized carbons (Fsp3) is 0.381. The van der Waals surface area contributed by atoms with Crippen molar-refractivity contribution in [2.24, 2.45) is 0 Å². The molecule has 0 radical (unpaired) electrons. The summed E-state index contributed by atoms with van der Waals surface area (Å²) in [6.45, 7) is 1.90. The molecule has 41 heavy (non-hydrogen) atoms. The Bertz CT molecular complexity index is 1440. The molecular weight excluding hydrogens is 598 g/mol. The number of nitrogens with one attached hydrogen (secondary N) is 1. The second-order valence-electron chi connectivity index (χ2n) is 8.23. The van der Waals surface area contributed by atoms with E-state index in [0.29, 0.717) is 6.42 Å². The number of alkyl halides is 7. The molecule has 1 unspecified atom stereocenters. The molecule has 1 aromatic carbocycles. The number of tetrazole rings is 1. The number of aryl methyl sites for hydroxylation is 1. The maximum atomic E-state index is 14.5. The van der Waals surface area contributed by atoms with Crippen LogP contribution in [0.1, 0.15) is 35.7 Å². The first-order valence-electron chi connectivity index (χ1n) is 11.2. The number of aliphatic hydroxyl groups is 1. The minimum Gasteiger partial charge on any atom is -0.393 e. The number of hydrogen-bond donors (Lipinski definition) is 2. The number of non-ortho nitro benzene ring substituents is 1. The number of nitrogens with zero attached hydrogens (tertiary/aromatic N) is 6. The number of halogens is 8. The molecule has 2 heterocycles. The summed E-state index contributed by atoms with van der Waals surface area (Å²) in [6, 6.07) is 2.57. The second-order valence-corrected chi connectivity index (χ2v) is 9.24. The largest absolute Gasteiger partial charge is 0.460 e. The van der Waals surface area contributed by atoms with E-state index in [0.717, 1.165) is 30.0 Å². The summed E-state index contributed by atoms with van der Waals surface area (Å²) in [5, 5.41) is 33.9. The number of carbonyl (C=O) groups excluding carboxylic acids is 1. The van der Waals surface area contributed by atoms with Crippen molar-refractivity contribution >= 4 is 29.2 Å². The molecule has 0 bridgehead atoms. The lowest BCUT2D eigenvalue weighted by atomic mass is 10.0. The lowest BCUT2D eigenvalue weighted by Crippen LogP contribution is -2.50. The van der Waals surface area contributed by atoms with Crippen molar-refractivity contribution in [1.82, 2.24) is 25.2 Å². The maximum absolute atomic E-state index is 14.5. The molecule has 3 rings (SSSR count). The average Bonchev–Trinajstić information content (AvgIpc) is 3.34. The number of hydrogen-bond acceptors (Lipinski definition) is 9. The van der Waals surface area contributed by atoms with Gasteiger partial charge in [0.05, 0.1) is 16.6 Å². The molecule has 20 heteroatoms. The smallest absolute Gasteiger partial charge is 0.393 e. The van der Waals surface area contributed by atoms with Gasteiger partial charge in [0, 0.05) is 35.3 Å². The molecular formula is C21H17F8N7O4S. The van der Waals surface area contributed by atoms with Crippen molar-refractivity contribution in [2.75, 3.05) is 5.32 Å². The van der Waals surface area contributed by atoms with E-state index in [-0.39, 0.29) is 35.3 Å². The van der Waals surface area contributed by atoms with Gasteiger partial charge in [-0.2, -0.15) is 30.7 Å². The molecule has 0 aliphatic carbocycles. The Morgan fingerprint density at radius 3 is 2.46 bits per heavy atom. The summed E-state index contributed by atoms with van der Waals surface area (Å²) in [5.41, 5.74) is -3.20. The molecule has 0 aliphatic rings. The Kier molecular flexibility index (Phi) is 9.16. The van der Waals surface area contributed by atoms with Crippen molar-refractivity contribution in [3.05, 3.63) is 57.5 Å². The van der Waals surface area contributed by atoms with E-state index < -0.39 is 63.4 Å². The van der Waals surface area contributed by atoms with Crippen molar-refractivity contribution in [2.45, 2.75) is 60.5 Å². The van der Waals surface area contributed by atoms with Gasteiger partial charge in [-0.05, 0) is 47.2 Å². The quantitative estimate of drug-likeness (QED) is 0.173. The normalized spacial score (nSPS) is 13.2. The highest BCUT2D eigenvalue weighted by atomic mass is 32.2. The standard InChI is InChI=1S/C21H17F8N7O4S/c1-2-12(37)5-6-35-18(32-33-34-35)41-15-4-3-11(36(39)40)8-13(15)17(38)31-16-14(22)7-10(9-30-16)19(23,24)20(25,26)21(27,28)29/h3-4,7-9,12,37H,2,5-6H2,1H3,(H,30,31,38). The minimum atomic E-state index is -6.68. The molecule has 2 N–H and O–H groups in total. The highest BCUT2D eigenvalue weighted by Crippen LogP contribution is 2.51. The van der Waals surface area contributed by atoms with Gasteiger partial charge < -0.3 is 10.4 Å². The van der Waals surface area contributed by atoms with Gasteiger partial charge >= 0.3 is 18.0 Å². The van der Waals surface area contributed by atoms with E-state index in [1.807, 2.05) is 5.32 Å². The van der Waals surface area contributed by atoms with Crippen LogP contribution in [-0.4, -0.2) is 59.3 Å². The predicted molar refractivity (Wildman–Crippen MR) is 123 cm³/mol. The van der Waals surface area contributed by atoms with Crippen LogP contribution >= 0.6 is 11.8 Å². The zero-order valence-electron chi connectivity index (χ0n) is 20.4. The number of rotatable bonds is 11. The Labute approximate surface area is 228 Å². The molecule has 2 aromatic heterocycles. The fourth-order valence-corrected chi connectivity index (χ4v) is 4.02. The maximum Gasteiger partial charge on any atom is 0.460 e. The topological polar surface area (TPSA) is 149 Å². The second kappa shape index (κ2) is 11.9. The van der Waals surface area contributed by atoms with Gasteiger partial charge in [0.2, 0.25) is 5.16 Å². The molecule has 0 aliphatic heterocycles. The lowest BCUT2D eigenvalue weighted by molar-refractivity contribution is -0.384. The molecule has 0 fully saturated rings. The Balaban J connectivity index is 1.92. The van der Waals surface area contributed by atoms with Gasteiger partial charge in [0.1, 0.15) is 0 Å². The van der Waals surface area contributed by atoms with Crippen molar-refractivity contribution in [3.63, 3.8) is 0 Å². The molecule has 0 saturated carbocycles. The van der Waals surface area contributed by atoms with Gasteiger partial charge in [0.25, 0.3) is 11.6 Å². The highest BCUT2D eigenvalue weighted by molar-refractivity contribution is 7.99. The van der Waals surface area contributed by atoms with Crippen LogP contribution in [0.4, 0.5) is 46.6 Å². The van der Waals surface area contributed by atoms with Crippen LogP contribution in [0.3, 0.4) is 0 Å². The minimum absolute atomic E-state index is 0.0198. The summed E-state index contributed by atoms with van der Waals surface area (Å²) in [7, 11) is 0. The zero-order valence-corrected chi connectivity index (χ0v) is 21.2. The number of aliphatic hydroxyl groups excluding tert-OH is 1. The van der Waals surface area contributed by atoms with E-state index in [4.69, 9.17) is 0 Å². The first-order chi connectivity index (χ1) is 19.0. The molecule has 1 amide bonds. The number of carbonyl (C=O) groups is 1. The number of benzene rings is 1. The summed E-state index contributed by atoms with van der Waals surface area (Å²) in [6.07, 6.45) is -6.81. The van der Waals surface area contributed by atoms with Crippen LogP contribution in [0.25, 0.3) is 0 Å². The fourth-order valence-electron chi connectivity index (χ4n) is 3.12. The van der Waals surface area contributed by atoms with Crippen LogP contribution in [0.5, 0.6) is 0 Å². The van der Waals surface area contributed by atoms with Crippen LogP contribution in [0.15, 0.2) is 40.5 Å². The Morgan fingerprint density at radius 2 is 1.88 bits per heavy atom. The summed E-state index contributed by atoms with van der Waals surface area (Å²) in [4.78, 5) is 26.4. The number of amides is 1. The molecule has 0 saturated heterocycles. The number of anilines is 1. The van der Waals surface area contributed by atoms with Crippen molar-refractivity contribution in [3.8, 4) is 0 Å². The lowest BCUT2D eigenvalue weighted by Gasteiger charge is -2.28. The molecule has 11 nitrogen and oxygen atoms in total. The van der Waals surface area contributed by atoms with E-state index in [1.165, 1.54) is 4.68 Å². The van der Waals surface area contributed by atoms with Crippen LogP contribution < -0.4 is 5.32 Å². The van der Waals surface area contributed by atoms with E-state index in [2.05, 4.69) is 20.5 Å². The molecule has 0 spiro atoms. The first kappa shape index (κ1) is 31.6. The van der Waals surface area contributed by atoms with E-state index in [1.54, 1.807) is 6.92 Å². The van der Waals surface area contributed by atoms with Crippen LogP contribution in [0.2, 0.25) is 0 Å². The van der Waals surface area contributed by atoms with Crippen LogP contribution in [-0.2, 0) is 12.5 Å². The number of nitro groups is 1. The number of aromatic nitrogens is 5. The summed E-state index contributed by atoms with van der Waals surface area (Å²) >= 11 is 0.740. The van der Waals surface area contributed by atoms with Gasteiger partial charge in [-0.1, -0.05) is 6.92 Å². The van der Waals surface area contributed by atoms with Gasteiger partial charge in [0.15, 0.2) is 11.6 Å². The Morgan fingerprint density at radius 1 is 1.20 bits per heavy atom. The molecule has 222 valence electrons. The van der Waals surface area contributed by atoms with E-state index >= 15 is 0 Å². The van der Waals surface area contributed by atoms with E-state index in [9.17, 15) is 55.1 Å². The highest BCUT2D eigenvalue weighted by Gasteiger charge is 2.73. The summed E-state index contributed by atoms with van der Waals surface area (Å²) < 4.78 is 108. The summed E-state index contributed by atoms with van der Waals surface area (Å²) in [5.74, 6) is -16.8. The third-order valence-electron chi connectivity index (χ3n) is 5.45.